The third kappa shape index (κ3) is 3.91. The maximum atomic E-state index is 12.1. The van der Waals surface area contributed by atoms with Gasteiger partial charge < -0.3 is 5.32 Å². The molecule has 0 heterocycles. The molecule has 0 radical (unpaired) electrons. The van der Waals surface area contributed by atoms with Gasteiger partial charge in [0.25, 0.3) is 5.91 Å². The lowest BCUT2D eigenvalue weighted by molar-refractivity contribution is 0.0950. The zero-order chi connectivity index (χ0) is 13.8. The Bertz CT molecular complexity index is 594. The number of aryl methyl sites for hydroxylation is 1. The van der Waals surface area contributed by atoms with Crippen LogP contribution < -0.4 is 5.32 Å². The van der Waals surface area contributed by atoms with Crippen LogP contribution in [0.1, 0.15) is 21.5 Å². The Morgan fingerprint density at radius 3 is 2.42 bits per heavy atom. The summed E-state index contributed by atoms with van der Waals surface area (Å²) >= 11 is 6.76. The third-order valence-electron chi connectivity index (χ3n) is 2.75. The smallest absolute Gasteiger partial charge is 0.252 e. The van der Waals surface area contributed by atoms with Crippen LogP contribution in [-0.2, 0) is 6.54 Å². The summed E-state index contributed by atoms with van der Waals surface area (Å²) in [7, 11) is 0. The lowest BCUT2D eigenvalue weighted by Gasteiger charge is -2.07. The fourth-order valence-corrected chi connectivity index (χ4v) is 2.88. The van der Waals surface area contributed by atoms with Crippen molar-refractivity contribution in [1.29, 1.82) is 0 Å². The van der Waals surface area contributed by atoms with Crippen molar-refractivity contribution in [2.45, 2.75) is 13.5 Å². The molecule has 2 aromatic carbocycles. The molecule has 0 saturated heterocycles. The number of benzene rings is 2. The number of halogens is 2. The van der Waals surface area contributed by atoms with E-state index in [9.17, 15) is 4.79 Å². The van der Waals surface area contributed by atoms with Crippen LogP contribution in [0, 0.1) is 6.92 Å². The van der Waals surface area contributed by atoms with E-state index in [4.69, 9.17) is 0 Å². The summed E-state index contributed by atoms with van der Waals surface area (Å²) in [6, 6.07) is 13.6. The quantitative estimate of drug-likeness (QED) is 0.834. The maximum Gasteiger partial charge on any atom is 0.252 e. The van der Waals surface area contributed by atoms with Crippen LogP contribution in [0.25, 0.3) is 0 Å². The Morgan fingerprint density at radius 1 is 1.11 bits per heavy atom. The normalized spacial score (nSPS) is 10.3. The van der Waals surface area contributed by atoms with E-state index >= 15 is 0 Å². The van der Waals surface area contributed by atoms with Crippen molar-refractivity contribution in [3.8, 4) is 0 Å². The van der Waals surface area contributed by atoms with Gasteiger partial charge in [-0.3, -0.25) is 4.79 Å². The Labute approximate surface area is 129 Å². The van der Waals surface area contributed by atoms with E-state index in [1.54, 1.807) is 6.07 Å². The van der Waals surface area contributed by atoms with Crippen molar-refractivity contribution in [2.24, 2.45) is 0 Å². The van der Waals surface area contributed by atoms with E-state index in [1.165, 1.54) is 5.56 Å². The van der Waals surface area contributed by atoms with E-state index in [-0.39, 0.29) is 5.91 Å². The van der Waals surface area contributed by atoms with Crippen LogP contribution in [0.4, 0.5) is 0 Å². The average molecular weight is 383 g/mol. The topological polar surface area (TPSA) is 29.1 Å². The van der Waals surface area contributed by atoms with Crippen LogP contribution in [0.3, 0.4) is 0 Å². The van der Waals surface area contributed by atoms with Crippen molar-refractivity contribution >= 4 is 37.8 Å². The average Bonchev–Trinajstić information content (AvgIpc) is 2.37. The van der Waals surface area contributed by atoms with E-state index in [2.05, 4.69) is 37.2 Å². The molecule has 2 nitrogen and oxygen atoms in total. The molecule has 0 atom stereocenters. The summed E-state index contributed by atoms with van der Waals surface area (Å²) in [4.78, 5) is 12.1. The first-order valence-electron chi connectivity index (χ1n) is 5.85. The van der Waals surface area contributed by atoms with Crippen molar-refractivity contribution in [2.75, 3.05) is 0 Å². The first-order chi connectivity index (χ1) is 9.06. The largest absolute Gasteiger partial charge is 0.348 e. The number of hydrogen-bond donors (Lipinski definition) is 1. The summed E-state index contributed by atoms with van der Waals surface area (Å²) in [6.07, 6.45) is 0. The lowest BCUT2D eigenvalue weighted by Crippen LogP contribution is -2.23. The number of amides is 1. The standard InChI is InChI=1S/C15H13Br2NO/c1-10-2-4-11(5-3-10)9-18-15(19)13-7-6-12(16)8-14(13)17/h2-8H,9H2,1H3,(H,18,19). The van der Waals surface area contributed by atoms with Crippen LogP contribution in [0.5, 0.6) is 0 Å². The first-order valence-corrected chi connectivity index (χ1v) is 7.43. The predicted octanol–water partition coefficient (Wildman–Crippen LogP) is 4.45. The molecule has 0 saturated carbocycles. The van der Waals surface area contributed by atoms with Crippen molar-refractivity contribution < 1.29 is 4.79 Å². The van der Waals surface area contributed by atoms with Crippen molar-refractivity contribution in [1.82, 2.24) is 5.32 Å². The van der Waals surface area contributed by atoms with Gasteiger partial charge in [-0.2, -0.15) is 0 Å². The van der Waals surface area contributed by atoms with Crippen LogP contribution in [0.2, 0.25) is 0 Å². The number of carbonyl (C=O) groups is 1. The fraction of sp³-hybridized carbons (Fsp3) is 0.133. The van der Waals surface area contributed by atoms with Crippen LogP contribution >= 0.6 is 31.9 Å². The summed E-state index contributed by atoms with van der Waals surface area (Å²) in [5.74, 6) is -0.0834. The van der Waals surface area contributed by atoms with Crippen molar-refractivity contribution in [3.63, 3.8) is 0 Å². The SMILES string of the molecule is Cc1ccc(CNC(=O)c2ccc(Br)cc2Br)cc1. The Hall–Kier alpha value is -1.13. The molecule has 4 heteroatoms. The van der Waals surface area contributed by atoms with E-state index in [1.807, 2.05) is 43.3 Å². The van der Waals surface area contributed by atoms with Gasteiger partial charge in [0.2, 0.25) is 0 Å². The second-order valence-electron chi connectivity index (χ2n) is 4.29. The highest BCUT2D eigenvalue weighted by Crippen LogP contribution is 2.21. The molecular formula is C15H13Br2NO. The minimum Gasteiger partial charge on any atom is -0.348 e. The molecule has 0 fully saturated rings. The highest BCUT2D eigenvalue weighted by molar-refractivity contribution is 9.11. The molecule has 0 aliphatic carbocycles. The summed E-state index contributed by atoms with van der Waals surface area (Å²) < 4.78 is 1.72. The van der Waals surface area contributed by atoms with Gasteiger partial charge in [0.05, 0.1) is 5.56 Å². The van der Waals surface area contributed by atoms with Crippen molar-refractivity contribution in [3.05, 3.63) is 68.1 Å². The van der Waals surface area contributed by atoms with Gasteiger partial charge in [0, 0.05) is 15.5 Å². The van der Waals surface area contributed by atoms with E-state index in [0.29, 0.717) is 12.1 Å². The van der Waals surface area contributed by atoms with Gasteiger partial charge in [-0.25, -0.2) is 0 Å². The minimum atomic E-state index is -0.0834. The number of hydrogen-bond acceptors (Lipinski definition) is 1. The summed E-state index contributed by atoms with van der Waals surface area (Å²) in [5.41, 5.74) is 2.94. The molecule has 0 aliphatic rings. The summed E-state index contributed by atoms with van der Waals surface area (Å²) in [5, 5.41) is 2.91. The lowest BCUT2D eigenvalue weighted by atomic mass is 10.1. The number of nitrogens with one attached hydrogen (secondary N) is 1. The molecule has 2 rings (SSSR count). The zero-order valence-corrected chi connectivity index (χ0v) is 13.6. The molecule has 2 aromatic rings. The molecule has 0 unspecified atom stereocenters. The van der Waals surface area contributed by atoms with Crippen LogP contribution in [-0.4, -0.2) is 5.91 Å². The fourth-order valence-electron chi connectivity index (χ4n) is 1.66. The highest BCUT2D eigenvalue weighted by Gasteiger charge is 2.09. The summed E-state index contributed by atoms with van der Waals surface area (Å²) in [6.45, 7) is 2.57. The second kappa shape index (κ2) is 6.35. The zero-order valence-electron chi connectivity index (χ0n) is 10.4. The Morgan fingerprint density at radius 2 is 1.79 bits per heavy atom. The molecule has 0 bridgehead atoms. The second-order valence-corrected chi connectivity index (χ2v) is 6.06. The Kier molecular flexibility index (Phi) is 4.77. The minimum absolute atomic E-state index is 0.0834. The van der Waals surface area contributed by atoms with Gasteiger partial charge in [0.15, 0.2) is 0 Å². The molecule has 1 N–H and O–H groups in total. The molecule has 0 aliphatic heterocycles. The molecule has 19 heavy (non-hydrogen) atoms. The monoisotopic (exact) mass is 381 g/mol. The molecular weight excluding hydrogens is 370 g/mol. The van der Waals surface area contributed by atoms with Gasteiger partial charge in [0.1, 0.15) is 0 Å². The predicted molar refractivity (Wildman–Crippen MR) is 84.2 cm³/mol. The third-order valence-corrected chi connectivity index (χ3v) is 3.90. The van der Waals surface area contributed by atoms with Crippen LogP contribution in [0.15, 0.2) is 51.4 Å². The first kappa shape index (κ1) is 14.3. The molecule has 0 spiro atoms. The van der Waals surface area contributed by atoms with Gasteiger partial charge >= 0.3 is 0 Å². The van der Waals surface area contributed by atoms with E-state index in [0.717, 1.165) is 14.5 Å². The van der Waals surface area contributed by atoms with Gasteiger partial charge in [-0.1, -0.05) is 45.8 Å². The van der Waals surface area contributed by atoms with E-state index < -0.39 is 0 Å². The highest BCUT2D eigenvalue weighted by atomic mass is 79.9. The molecule has 98 valence electrons. The maximum absolute atomic E-state index is 12.1. The Balaban J connectivity index is 2.03. The molecule has 1 amide bonds. The number of carbonyl (C=O) groups excluding carboxylic acids is 1. The molecule has 0 aromatic heterocycles. The van der Waals surface area contributed by atoms with Gasteiger partial charge in [-0.05, 0) is 46.6 Å². The van der Waals surface area contributed by atoms with Gasteiger partial charge in [-0.15, -0.1) is 0 Å². The number of rotatable bonds is 3.